The van der Waals surface area contributed by atoms with E-state index in [0.717, 1.165) is 6.42 Å². The summed E-state index contributed by atoms with van der Waals surface area (Å²) in [5.41, 5.74) is 6.68. The van der Waals surface area contributed by atoms with Gasteiger partial charge in [-0.2, -0.15) is 0 Å². The van der Waals surface area contributed by atoms with E-state index < -0.39 is 0 Å². The van der Waals surface area contributed by atoms with Gasteiger partial charge in [0.25, 0.3) is 5.91 Å². The molecule has 116 valence electrons. The summed E-state index contributed by atoms with van der Waals surface area (Å²) in [5.74, 6) is 0.140. The molecule has 1 aromatic carbocycles. The van der Waals surface area contributed by atoms with Crippen molar-refractivity contribution in [1.82, 2.24) is 9.80 Å². The normalized spacial score (nSPS) is 10.1. The fourth-order valence-electron chi connectivity index (χ4n) is 1.85. The van der Waals surface area contributed by atoms with Gasteiger partial charge in [-0.05, 0) is 24.6 Å². The van der Waals surface area contributed by atoms with Crippen LogP contribution in [0, 0.1) is 0 Å². The highest BCUT2D eigenvalue weighted by Gasteiger charge is 2.20. The molecule has 0 bridgehead atoms. The van der Waals surface area contributed by atoms with Crippen molar-refractivity contribution in [2.45, 2.75) is 13.3 Å². The molecule has 0 saturated heterocycles. The molecule has 6 heteroatoms. The standard InChI is InChI=1S/C15H23N3O3/c1-5-8-18(10-14(19)17(2)3)15(20)11-6-7-12(16)13(9-11)21-4/h6-7,9H,5,8,10,16H2,1-4H3. The van der Waals surface area contributed by atoms with E-state index in [1.807, 2.05) is 6.92 Å². The molecule has 0 aliphatic heterocycles. The molecule has 1 rings (SSSR count). The van der Waals surface area contributed by atoms with E-state index in [4.69, 9.17) is 10.5 Å². The zero-order valence-electron chi connectivity index (χ0n) is 13.0. The highest BCUT2D eigenvalue weighted by Crippen LogP contribution is 2.23. The van der Waals surface area contributed by atoms with Gasteiger partial charge in [-0.15, -0.1) is 0 Å². The number of anilines is 1. The summed E-state index contributed by atoms with van der Waals surface area (Å²) in [7, 11) is 4.84. The van der Waals surface area contributed by atoms with E-state index in [-0.39, 0.29) is 18.4 Å². The number of benzene rings is 1. The second-order valence-corrected chi connectivity index (χ2v) is 4.97. The molecule has 0 aromatic heterocycles. The lowest BCUT2D eigenvalue weighted by Crippen LogP contribution is -2.40. The fraction of sp³-hybridized carbons (Fsp3) is 0.467. The number of amides is 2. The largest absolute Gasteiger partial charge is 0.495 e. The first-order chi connectivity index (χ1) is 9.90. The molecule has 1 aromatic rings. The fourth-order valence-corrected chi connectivity index (χ4v) is 1.85. The van der Waals surface area contributed by atoms with Gasteiger partial charge < -0.3 is 20.3 Å². The van der Waals surface area contributed by atoms with Crippen molar-refractivity contribution in [3.05, 3.63) is 23.8 Å². The number of nitrogens with two attached hydrogens (primary N) is 1. The maximum Gasteiger partial charge on any atom is 0.254 e. The second kappa shape index (κ2) is 7.52. The van der Waals surface area contributed by atoms with Gasteiger partial charge in [0.15, 0.2) is 0 Å². The van der Waals surface area contributed by atoms with Gasteiger partial charge in [0.05, 0.1) is 12.8 Å². The Balaban J connectivity index is 2.97. The Kier molecular flexibility index (Phi) is 6.02. The Bertz CT molecular complexity index is 515. The van der Waals surface area contributed by atoms with Crippen LogP contribution < -0.4 is 10.5 Å². The molecule has 0 radical (unpaired) electrons. The summed E-state index contributed by atoms with van der Waals surface area (Å²) in [5, 5.41) is 0. The summed E-state index contributed by atoms with van der Waals surface area (Å²) >= 11 is 0. The predicted molar refractivity (Wildman–Crippen MR) is 82.3 cm³/mol. The highest BCUT2D eigenvalue weighted by atomic mass is 16.5. The monoisotopic (exact) mass is 293 g/mol. The molecule has 0 saturated carbocycles. The molecule has 0 atom stereocenters. The second-order valence-electron chi connectivity index (χ2n) is 4.97. The van der Waals surface area contributed by atoms with Crippen LogP contribution in [0.25, 0.3) is 0 Å². The minimum Gasteiger partial charge on any atom is -0.495 e. The van der Waals surface area contributed by atoms with Crippen molar-refractivity contribution in [2.24, 2.45) is 0 Å². The highest BCUT2D eigenvalue weighted by molar-refractivity contribution is 5.97. The third kappa shape index (κ3) is 4.37. The number of carbonyl (C=O) groups excluding carboxylic acids is 2. The molecule has 6 nitrogen and oxygen atoms in total. The van der Waals surface area contributed by atoms with E-state index in [1.54, 1.807) is 32.3 Å². The van der Waals surface area contributed by atoms with E-state index in [0.29, 0.717) is 23.5 Å². The number of methoxy groups -OCH3 is 1. The lowest BCUT2D eigenvalue weighted by Gasteiger charge is -2.23. The minimum atomic E-state index is -0.203. The lowest BCUT2D eigenvalue weighted by atomic mass is 10.1. The average Bonchev–Trinajstić information content (AvgIpc) is 2.46. The van der Waals surface area contributed by atoms with Crippen LogP contribution in [-0.4, -0.2) is 55.9 Å². The minimum absolute atomic E-state index is 0.0619. The SMILES string of the molecule is CCCN(CC(=O)N(C)C)C(=O)c1ccc(N)c(OC)c1. The van der Waals surface area contributed by atoms with Crippen LogP contribution >= 0.6 is 0 Å². The smallest absolute Gasteiger partial charge is 0.254 e. The molecular weight excluding hydrogens is 270 g/mol. The number of ether oxygens (including phenoxy) is 1. The molecule has 0 spiro atoms. The topological polar surface area (TPSA) is 75.9 Å². The summed E-state index contributed by atoms with van der Waals surface area (Å²) in [4.78, 5) is 27.4. The van der Waals surface area contributed by atoms with Crippen molar-refractivity contribution in [3.8, 4) is 5.75 Å². The van der Waals surface area contributed by atoms with Crippen LogP contribution in [0.3, 0.4) is 0 Å². The number of carbonyl (C=O) groups is 2. The number of likely N-dealkylation sites (N-methyl/N-ethyl adjacent to an activating group) is 1. The number of nitrogen functional groups attached to an aromatic ring is 1. The van der Waals surface area contributed by atoms with Gasteiger partial charge in [-0.25, -0.2) is 0 Å². The van der Waals surface area contributed by atoms with Crippen LogP contribution in [0.15, 0.2) is 18.2 Å². The third-order valence-electron chi connectivity index (χ3n) is 3.09. The van der Waals surface area contributed by atoms with E-state index in [9.17, 15) is 9.59 Å². The van der Waals surface area contributed by atoms with Crippen LogP contribution in [-0.2, 0) is 4.79 Å². The Morgan fingerprint density at radius 1 is 1.29 bits per heavy atom. The predicted octanol–water partition coefficient (Wildman–Crippen LogP) is 1.22. The van der Waals surface area contributed by atoms with Crippen molar-refractivity contribution in [1.29, 1.82) is 0 Å². The number of nitrogens with zero attached hydrogens (tertiary/aromatic N) is 2. The Hall–Kier alpha value is -2.24. The third-order valence-corrected chi connectivity index (χ3v) is 3.09. The van der Waals surface area contributed by atoms with Crippen molar-refractivity contribution >= 4 is 17.5 Å². The van der Waals surface area contributed by atoms with Crippen molar-refractivity contribution in [3.63, 3.8) is 0 Å². The van der Waals surface area contributed by atoms with Crippen molar-refractivity contribution in [2.75, 3.05) is 40.0 Å². The average molecular weight is 293 g/mol. The van der Waals surface area contributed by atoms with E-state index in [2.05, 4.69) is 0 Å². The first kappa shape index (κ1) is 16.8. The van der Waals surface area contributed by atoms with Crippen molar-refractivity contribution < 1.29 is 14.3 Å². The number of hydrogen-bond donors (Lipinski definition) is 1. The molecule has 0 aliphatic carbocycles. The Morgan fingerprint density at radius 3 is 2.48 bits per heavy atom. The maximum atomic E-state index is 12.5. The lowest BCUT2D eigenvalue weighted by molar-refractivity contribution is -0.129. The van der Waals surface area contributed by atoms with Crippen LogP contribution in [0.2, 0.25) is 0 Å². The van der Waals surface area contributed by atoms with Crippen LogP contribution in [0.1, 0.15) is 23.7 Å². The van der Waals surface area contributed by atoms with Gasteiger partial charge in [0.2, 0.25) is 5.91 Å². The summed E-state index contributed by atoms with van der Waals surface area (Å²) in [6, 6.07) is 4.87. The zero-order chi connectivity index (χ0) is 16.0. The molecule has 2 N–H and O–H groups in total. The quantitative estimate of drug-likeness (QED) is 0.800. The van der Waals surface area contributed by atoms with Gasteiger partial charge in [-0.1, -0.05) is 6.92 Å². The molecule has 0 fully saturated rings. The maximum absolute atomic E-state index is 12.5. The van der Waals surface area contributed by atoms with Gasteiger partial charge in [0, 0.05) is 26.2 Å². The molecule has 2 amide bonds. The number of rotatable bonds is 6. The molecular formula is C15H23N3O3. The zero-order valence-corrected chi connectivity index (χ0v) is 13.0. The molecule has 0 heterocycles. The molecule has 0 aliphatic rings. The van der Waals surface area contributed by atoms with Crippen LogP contribution in [0.5, 0.6) is 5.75 Å². The van der Waals surface area contributed by atoms with E-state index >= 15 is 0 Å². The van der Waals surface area contributed by atoms with Gasteiger partial charge in [-0.3, -0.25) is 9.59 Å². The van der Waals surface area contributed by atoms with E-state index in [1.165, 1.54) is 16.9 Å². The Labute approximate surface area is 125 Å². The first-order valence-electron chi connectivity index (χ1n) is 6.83. The van der Waals surface area contributed by atoms with Crippen LogP contribution in [0.4, 0.5) is 5.69 Å². The summed E-state index contributed by atoms with van der Waals surface area (Å²) < 4.78 is 5.12. The summed E-state index contributed by atoms with van der Waals surface area (Å²) in [6.07, 6.45) is 0.776. The molecule has 0 unspecified atom stereocenters. The summed E-state index contributed by atoms with van der Waals surface area (Å²) in [6.45, 7) is 2.54. The first-order valence-corrected chi connectivity index (χ1v) is 6.83. The van der Waals surface area contributed by atoms with Gasteiger partial charge >= 0.3 is 0 Å². The van der Waals surface area contributed by atoms with Gasteiger partial charge in [0.1, 0.15) is 12.3 Å². The molecule has 21 heavy (non-hydrogen) atoms. The number of hydrogen-bond acceptors (Lipinski definition) is 4. The Morgan fingerprint density at radius 2 is 1.95 bits per heavy atom.